The van der Waals surface area contributed by atoms with Gasteiger partial charge in [-0.3, -0.25) is 14.4 Å². The van der Waals surface area contributed by atoms with Gasteiger partial charge in [0.15, 0.2) is 0 Å². The molecule has 136 valence electrons. The van der Waals surface area contributed by atoms with Crippen molar-refractivity contribution in [2.24, 2.45) is 11.8 Å². The number of amides is 2. The Bertz CT molecular complexity index is 603. The minimum Gasteiger partial charge on any atom is -0.481 e. The summed E-state index contributed by atoms with van der Waals surface area (Å²) in [6.07, 6.45) is 2.79. The van der Waals surface area contributed by atoms with Crippen LogP contribution in [0.4, 0.5) is 0 Å². The largest absolute Gasteiger partial charge is 0.481 e. The number of hydrogen-bond donors (Lipinski definition) is 2. The van der Waals surface area contributed by atoms with E-state index in [0.717, 1.165) is 19.3 Å². The number of benzene rings is 1. The lowest BCUT2D eigenvalue weighted by Gasteiger charge is -2.32. The first-order chi connectivity index (χ1) is 12.0. The molecule has 0 saturated carbocycles. The summed E-state index contributed by atoms with van der Waals surface area (Å²) < 4.78 is 0. The molecule has 1 aliphatic rings. The Morgan fingerprint density at radius 2 is 2.00 bits per heavy atom. The molecule has 1 aliphatic heterocycles. The normalized spacial score (nSPS) is 18.4. The maximum absolute atomic E-state index is 12.5. The molecule has 2 N–H and O–H groups in total. The zero-order chi connectivity index (χ0) is 18.2. The van der Waals surface area contributed by atoms with Crippen LogP contribution in [0.5, 0.6) is 0 Å². The summed E-state index contributed by atoms with van der Waals surface area (Å²) in [7, 11) is 0. The zero-order valence-electron chi connectivity index (χ0n) is 14.6. The number of nitrogens with zero attached hydrogens (tertiary/aromatic N) is 1. The van der Waals surface area contributed by atoms with Crippen molar-refractivity contribution in [1.29, 1.82) is 0 Å². The highest BCUT2D eigenvalue weighted by Crippen LogP contribution is 2.19. The van der Waals surface area contributed by atoms with Crippen LogP contribution in [0.2, 0.25) is 0 Å². The van der Waals surface area contributed by atoms with E-state index in [9.17, 15) is 14.4 Å². The quantitative estimate of drug-likeness (QED) is 0.792. The Morgan fingerprint density at radius 1 is 1.28 bits per heavy atom. The second kappa shape index (κ2) is 9.20. The van der Waals surface area contributed by atoms with Gasteiger partial charge in [0.25, 0.3) is 5.91 Å². The molecule has 0 aliphatic carbocycles. The smallest absolute Gasteiger partial charge is 0.308 e. The molecule has 1 heterocycles. The van der Waals surface area contributed by atoms with Gasteiger partial charge in [0, 0.05) is 25.2 Å². The zero-order valence-corrected chi connectivity index (χ0v) is 14.6. The van der Waals surface area contributed by atoms with Crippen LogP contribution >= 0.6 is 0 Å². The number of rotatable bonds is 7. The van der Waals surface area contributed by atoms with E-state index in [1.54, 1.807) is 17.0 Å². The molecule has 0 radical (unpaired) electrons. The Kier molecular flexibility index (Phi) is 6.98. The topological polar surface area (TPSA) is 86.7 Å². The minimum atomic E-state index is -0.883. The first-order valence-corrected chi connectivity index (χ1v) is 8.87. The van der Waals surface area contributed by atoms with Crippen molar-refractivity contribution in [2.45, 2.75) is 32.6 Å². The Morgan fingerprint density at radius 3 is 2.64 bits per heavy atom. The molecule has 0 aromatic heterocycles. The summed E-state index contributed by atoms with van der Waals surface area (Å²) in [5.74, 6) is -1.94. The van der Waals surface area contributed by atoms with Gasteiger partial charge in [-0.2, -0.15) is 0 Å². The van der Waals surface area contributed by atoms with Crippen molar-refractivity contribution in [3.63, 3.8) is 0 Å². The predicted molar refractivity (Wildman–Crippen MR) is 94.1 cm³/mol. The number of carboxylic acid groups (broad SMARTS) is 1. The van der Waals surface area contributed by atoms with E-state index >= 15 is 0 Å². The molecule has 0 bridgehead atoms. The molecule has 1 saturated heterocycles. The Labute approximate surface area is 148 Å². The molecule has 1 aromatic carbocycles. The third-order valence-electron chi connectivity index (χ3n) is 4.61. The summed E-state index contributed by atoms with van der Waals surface area (Å²) >= 11 is 0. The van der Waals surface area contributed by atoms with E-state index in [1.807, 2.05) is 25.1 Å². The van der Waals surface area contributed by atoms with Gasteiger partial charge in [-0.1, -0.05) is 31.5 Å². The molecular weight excluding hydrogens is 320 g/mol. The molecule has 1 fully saturated rings. The SMILES string of the molecule is CCCC(CNC(=O)C1CCCN(C(=O)c2ccccc2)C1)C(=O)O. The third-order valence-corrected chi connectivity index (χ3v) is 4.61. The fourth-order valence-electron chi connectivity index (χ4n) is 3.17. The van der Waals surface area contributed by atoms with E-state index in [1.165, 1.54) is 0 Å². The van der Waals surface area contributed by atoms with Gasteiger partial charge in [0.2, 0.25) is 5.91 Å². The van der Waals surface area contributed by atoms with Crippen molar-refractivity contribution in [3.8, 4) is 0 Å². The molecule has 2 rings (SSSR count). The highest BCUT2D eigenvalue weighted by Gasteiger charge is 2.29. The summed E-state index contributed by atoms with van der Waals surface area (Å²) in [6, 6.07) is 9.04. The lowest BCUT2D eigenvalue weighted by Crippen LogP contribution is -2.46. The van der Waals surface area contributed by atoms with Crippen molar-refractivity contribution in [2.75, 3.05) is 19.6 Å². The Hall–Kier alpha value is -2.37. The fraction of sp³-hybridized carbons (Fsp3) is 0.526. The standard InChI is InChI=1S/C19H26N2O4/c1-2-7-15(19(24)25)12-20-17(22)16-10-6-11-21(13-16)18(23)14-8-4-3-5-9-14/h3-5,8-9,15-16H,2,6-7,10-13H2,1H3,(H,20,22)(H,24,25). The van der Waals surface area contributed by atoms with Crippen LogP contribution in [-0.2, 0) is 9.59 Å². The number of aliphatic carboxylic acids is 1. The van der Waals surface area contributed by atoms with Gasteiger partial charge in [-0.25, -0.2) is 0 Å². The molecule has 6 heteroatoms. The first-order valence-electron chi connectivity index (χ1n) is 8.87. The fourth-order valence-corrected chi connectivity index (χ4v) is 3.17. The van der Waals surface area contributed by atoms with E-state index < -0.39 is 11.9 Å². The summed E-state index contributed by atoms with van der Waals surface area (Å²) in [5, 5.41) is 11.9. The summed E-state index contributed by atoms with van der Waals surface area (Å²) in [4.78, 5) is 37.8. The molecule has 2 amide bonds. The number of piperidine rings is 1. The second-order valence-electron chi connectivity index (χ2n) is 6.53. The van der Waals surface area contributed by atoms with E-state index in [-0.39, 0.29) is 24.3 Å². The minimum absolute atomic E-state index is 0.0625. The highest BCUT2D eigenvalue weighted by atomic mass is 16.4. The highest BCUT2D eigenvalue weighted by molar-refractivity contribution is 5.94. The molecule has 25 heavy (non-hydrogen) atoms. The average molecular weight is 346 g/mol. The van der Waals surface area contributed by atoms with Gasteiger partial charge in [-0.05, 0) is 31.4 Å². The van der Waals surface area contributed by atoms with Gasteiger partial charge < -0.3 is 15.3 Å². The van der Waals surface area contributed by atoms with Crippen molar-refractivity contribution >= 4 is 17.8 Å². The van der Waals surface area contributed by atoms with Crippen LogP contribution in [0, 0.1) is 11.8 Å². The van der Waals surface area contributed by atoms with Crippen molar-refractivity contribution in [1.82, 2.24) is 10.2 Å². The van der Waals surface area contributed by atoms with Crippen LogP contribution < -0.4 is 5.32 Å². The van der Waals surface area contributed by atoms with Gasteiger partial charge in [0.05, 0.1) is 11.8 Å². The second-order valence-corrected chi connectivity index (χ2v) is 6.53. The number of nitrogens with one attached hydrogen (secondary N) is 1. The van der Waals surface area contributed by atoms with Crippen LogP contribution in [0.3, 0.4) is 0 Å². The first kappa shape index (κ1) is 19.0. The third kappa shape index (κ3) is 5.31. The molecule has 2 unspecified atom stereocenters. The van der Waals surface area contributed by atoms with Crippen LogP contribution in [0.1, 0.15) is 43.0 Å². The monoisotopic (exact) mass is 346 g/mol. The maximum atomic E-state index is 12.5. The Balaban J connectivity index is 1.90. The van der Waals surface area contributed by atoms with E-state index in [0.29, 0.717) is 25.1 Å². The molecule has 2 atom stereocenters. The number of hydrogen-bond acceptors (Lipinski definition) is 3. The maximum Gasteiger partial charge on any atom is 0.308 e. The lowest BCUT2D eigenvalue weighted by molar-refractivity contribution is -0.142. The summed E-state index contributed by atoms with van der Waals surface area (Å²) in [6.45, 7) is 3.09. The number of carbonyl (C=O) groups is 3. The lowest BCUT2D eigenvalue weighted by atomic mass is 9.96. The number of carbonyl (C=O) groups excluding carboxylic acids is 2. The molecule has 0 spiro atoms. The number of likely N-dealkylation sites (tertiary alicyclic amines) is 1. The summed E-state index contributed by atoms with van der Waals surface area (Å²) in [5.41, 5.74) is 0.623. The number of carboxylic acids is 1. The van der Waals surface area contributed by atoms with Crippen LogP contribution in [-0.4, -0.2) is 47.4 Å². The van der Waals surface area contributed by atoms with Crippen molar-refractivity contribution < 1.29 is 19.5 Å². The molecular formula is C19H26N2O4. The van der Waals surface area contributed by atoms with Gasteiger partial charge >= 0.3 is 5.97 Å². The van der Waals surface area contributed by atoms with Gasteiger partial charge in [-0.15, -0.1) is 0 Å². The average Bonchev–Trinajstić information content (AvgIpc) is 2.64. The van der Waals surface area contributed by atoms with Gasteiger partial charge in [0.1, 0.15) is 0 Å². The van der Waals surface area contributed by atoms with E-state index in [2.05, 4.69) is 5.32 Å². The molecule has 6 nitrogen and oxygen atoms in total. The van der Waals surface area contributed by atoms with Crippen LogP contribution in [0.25, 0.3) is 0 Å². The predicted octanol–water partition coefficient (Wildman–Crippen LogP) is 2.16. The van der Waals surface area contributed by atoms with Crippen LogP contribution in [0.15, 0.2) is 30.3 Å². The van der Waals surface area contributed by atoms with E-state index in [4.69, 9.17) is 5.11 Å². The van der Waals surface area contributed by atoms with Crippen molar-refractivity contribution in [3.05, 3.63) is 35.9 Å². The molecule has 1 aromatic rings.